The number of aromatic nitrogens is 5. The van der Waals surface area contributed by atoms with Gasteiger partial charge in [-0.15, -0.1) is 0 Å². The second-order valence-electron chi connectivity index (χ2n) is 7.43. The molecule has 0 aliphatic heterocycles. The summed E-state index contributed by atoms with van der Waals surface area (Å²) in [6, 6.07) is 10.9. The van der Waals surface area contributed by atoms with E-state index < -0.39 is 11.7 Å². The lowest BCUT2D eigenvalue weighted by Gasteiger charge is -2.12. The smallest absolute Gasteiger partial charge is 0.364 e. The molecule has 0 bridgehead atoms. The Balaban J connectivity index is 1.47. The van der Waals surface area contributed by atoms with Crippen LogP contribution in [0.5, 0.6) is 0 Å². The van der Waals surface area contributed by atoms with Crippen molar-refractivity contribution >= 4 is 34.3 Å². The minimum atomic E-state index is -4.40. The molecule has 172 valence electrons. The average Bonchev–Trinajstić information content (AvgIpc) is 3.51. The van der Waals surface area contributed by atoms with E-state index in [9.17, 15) is 13.2 Å². The van der Waals surface area contributed by atoms with Crippen LogP contribution >= 0.6 is 11.3 Å². The molecule has 34 heavy (non-hydrogen) atoms. The van der Waals surface area contributed by atoms with Gasteiger partial charge in [0.05, 0.1) is 11.3 Å². The molecule has 2 N–H and O–H groups in total. The van der Waals surface area contributed by atoms with Crippen LogP contribution in [0.1, 0.15) is 16.7 Å². The average molecular weight is 482 g/mol. The van der Waals surface area contributed by atoms with Gasteiger partial charge in [-0.2, -0.15) is 34.5 Å². The lowest BCUT2D eigenvalue weighted by molar-refractivity contribution is -0.137. The summed E-state index contributed by atoms with van der Waals surface area (Å²) in [6.07, 6.45) is 0.692. The SMILES string of the molecule is FC(F)(F)c1cccc(CNc2nc(NCc3cccnc3)nc3c2ncn3-c2ccsc2)c1. The summed E-state index contributed by atoms with van der Waals surface area (Å²) in [5.74, 6) is 0.782. The van der Waals surface area contributed by atoms with Crippen molar-refractivity contribution in [2.24, 2.45) is 0 Å². The summed E-state index contributed by atoms with van der Waals surface area (Å²) in [7, 11) is 0. The van der Waals surface area contributed by atoms with Crippen molar-refractivity contribution in [3.05, 3.63) is 88.6 Å². The van der Waals surface area contributed by atoms with Crippen molar-refractivity contribution in [1.29, 1.82) is 0 Å². The van der Waals surface area contributed by atoms with Gasteiger partial charge in [0.25, 0.3) is 0 Å². The maximum absolute atomic E-state index is 13.1. The molecule has 5 aromatic rings. The highest BCUT2D eigenvalue weighted by Gasteiger charge is 2.30. The first-order chi connectivity index (χ1) is 16.5. The van der Waals surface area contributed by atoms with Gasteiger partial charge in [-0.3, -0.25) is 9.55 Å². The molecule has 7 nitrogen and oxygen atoms in total. The van der Waals surface area contributed by atoms with Gasteiger partial charge < -0.3 is 10.6 Å². The Morgan fingerprint density at radius 3 is 2.59 bits per heavy atom. The lowest BCUT2D eigenvalue weighted by Crippen LogP contribution is -2.10. The van der Waals surface area contributed by atoms with Crippen LogP contribution in [-0.2, 0) is 19.3 Å². The number of nitrogens with zero attached hydrogens (tertiary/aromatic N) is 5. The second-order valence-corrected chi connectivity index (χ2v) is 8.21. The van der Waals surface area contributed by atoms with E-state index in [4.69, 9.17) is 0 Å². The Hall–Kier alpha value is -3.99. The quantitative estimate of drug-likeness (QED) is 0.319. The molecule has 0 fully saturated rings. The molecule has 0 amide bonds. The predicted molar refractivity (Wildman–Crippen MR) is 125 cm³/mol. The molecule has 11 heteroatoms. The molecule has 4 heterocycles. The number of fused-ring (bicyclic) bond motifs is 1. The Kier molecular flexibility index (Phi) is 5.84. The highest BCUT2D eigenvalue weighted by atomic mass is 32.1. The van der Waals surface area contributed by atoms with Gasteiger partial charge in [0.1, 0.15) is 6.33 Å². The molecule has 0 aliphatic rings. The van der Waals surface area contributed by atoms with Crippen molar-refractivity contribution in [1.82, 2.24) is 24.5 Å². The monoisotopic (exact) mass is 481 g/mol. The van der Waals surface area contributed by atoms with Crippen LogP contribution in [0.4, 0.5) is 24.9 Å². The molecule has 0 unspecified atom stereocenters. The van der Waals surface area contributed by atoms with Crippen molar-refractivity contribution < 1.29 is 13.2 Å². The molecule has 0 saturated carbocycles. The van der Waals surface area contributed by atoms with Gasteiger partial charge >= 0.3 is 6.18 Å². The third-order valence-electron chi connectivity index (χ3n) is 5.07. The number of halogens is 3. The Labute approximate surface area is 196 Å². The standard InChI is InChI=1S/C23H18F3N7S/c24-23(25,26)17-5-1-3-15(9-17)11-28-20-19-21(33(14-30-19)18-6-8-34-13-18)32-22(31-20)29-12-16-4-2-7-27-10-16/h1-10,13-14H,11-12H2,(H2,28,29,31,32). The molecule has 5 rings (SSSR count). The van der Waals surface area contributed by atoms with E-state index in [1.807, 2.05) is 33.5 Å². The summed E-state index contributed by atoms with van der Waals surface area (Å²) < 4.78 is 41.1. The van der Waals surface area contributed by atoms with Crippen LogP contribution in [0.25, 0.3) is 16.9 Å². The minimum Gasteiger partial charge on any atom is -0.364 e. The summed E-state index contributed by atoms with van der Waals surface area (Å²) in [5.41, 5.74) is 2.74. The number of imidazole rings is 1. The van der Waals surface area contributed by atoms with Gasteiger partial charge in [-0.05, 0) is 40.8 Å². The first kappa shape index (κ1) is 21.8. The number of thiophene rings is 1. The third kappa shape index (κ3) is 4.69. The maximum Gasteiger partial charge on any atom is 0.416 e. The number of pyridine rings is 1. The summed E-state index contributed by atoms with van der Waals surface area (Å²) >= 11 is 1.55. The molecular formula is C23H18F3N7S. The number of nitrogens with one attached hydrogen (secondary N) is 2. The molecule has 0 spiro atoms. The third-order valence-corrected chi connectivity index (χ3v) is 5.74. The molecule has 0 saturated heterocycles. The van der Waals surface area contributed by atoms with Crippen molar-refractivity contribution in [3.8, 4) is 5.69 Å². The van der Waals surface area contributed by atoms with Gasteiger partial charge in [-0.25, -0.2) is 4.98 Å². The predicted octanol–water partition coefficient (Wildman–Crippen LogP) is 5.52. The zero-order valence-corrected chi connectivity index (χ0v) is 18.4. The number of alkyl halides is 3. The van der Waals surface area contributed by atoms with Gasteiger partial charge in [0.15, 0.2) is 17.0 Å². The topological polar surface area (TPSA) is 80.6 Å². The number of anilines is 2. The van der Waals surface area contributed by atoms with E-state index in [0.717, 1.165) is 23.4 Å². The van der Waals surface area contributed by atoms with Crippen LogP contribution in [0.3, 0.4) is 0 Å². The van der Waals surface area contributed by atoms with Crippen molar-refractivity contribution in [3.63, 3.8) is 0 Å². The number of hydrogen-bond acceptors (Lipinski definition) is 7. The van der Waals surface area contributed by atoms with E-state index in [1.165, 1.54) is 6.07 Å². The zero-order valence-electron chi connectivity index (χ0n) is 17.6. The van der Waals surface area contributed by atoms with E-state index >= 15 is 0 Å². The second kappa shape index (κ2) is 9.10. The van der Waals surface area contributed by atoms with Crippen LogP contribution < -0.4 is 10.6 Å². The molecule has 0 aliphatic carbocycles. The number of rotatable bonds is 7. The van der Waals surface area contributed by atoms with E-state index in [-0.39, 0.29) is 6.54 Å². The summed E-state index contributed by atoms with van der Waals surface area (Å²) in [5, 5.41) is 10.3. The number of hydrogen-bond donors (Lipinski definition) is 2. The zero-order chi connectivity index (χ0) is 23.5. The Morgan fingerprint density at radius 2 is 1.82 bits per heavy atom. The van der Waals surface area contributed by atoms with Crippen molar-refractivity contribution in [2.45, 2.75) is 19.3 Å². The molecular weight excluding hydrogens is 463 g/mol. The van der Waals surface area contributed by atoms with E-state index in [1.54, 1.807) is 36.1 Å². The molecule has 1 aromatic carbocycles. The van der Waals surface area contributed by atoms with Gasteiger partial charge in [0.2, 0.25) is 5.95 Å². The fraction of sp³-hybridized carbons (Fsp3) is 0.130. The fourth-order valence-electron chi connectivity index (χ4n) is 3.41. The van der Waals surface area contributed by atoms with Crippen LogP contribution in [0, 0.1) is 0 Å². The highest BCUT2D eigenvalue weighted by molar-refractivity contribution is 7.08. The Bertz CT molecular complexity index is 1400. The van der Waals surface area contributed by atoms with E-state index in [0.29, 0.717) is 35.0 Å². The summed E-state index contributed by atoms with van der Waals surface area (Å²) in [6.45, 7) is 0.600. The summed E-state index contributed by atoms with van der Waals surface area (Å²) in [4.78, 5) is 17.8. The van der Waals surface area contributed by atoms with E-state index in [2.05, 4.69) is 30.6 Å². The molecule has 0 atom stereocenters. The fourth-order valence-corrected chi connectivity index (χ4v) is 4.04. The van der Waals surface area contributed by atoms with Gasteiger partial charge in [-0.1, -0.05) is 18.2 Å². The van der Waals surface area contributed by atoms with Gasteiger partial charge in [0, 0.05) is 30.9 Å². The largest absolute Gasteiger partial charge is 0.416 e. The normalized spacial score (nSPS) is 11.6. The van der Waals surface area contributed by atoms with Crippen molar-refractivity contribution in [2.75, 3.05) is 10.6 Å². The van der Waals surface area contributed by atoms with Crippen LogP contribution in [0.15, 0.2) is 71.9 Å². The van der Waals surface area contributed by atoms with Crippen LogP contribution in [-0.4, -0.2) is 24.5 Å². The Morgan fingerprint density at radius 1 is 0.971 bits per heavy atom. The first-order valence-corrected chi connectivity index (χ1v) is 11.2. The first-order valence-electron chi connectivity index (χ1n) is 10.3. The maximum atomic E-state index is 13.1. The lowest BCUT2D eigenvalue weighted by atomic mass is 10.1. The number of benzene rings is 1. The molecule has 4 aromatic heterocycles. The molecule has 0 radical (unpaired) electrons. The highest BCUT2D eigenvalue weighted by Crippen LogP contribution is 2.30. The minimum absolute atomic E-state index is 0.142. The van der Waals surface area contributed by atoms with Crippen LogP contribution in [0.2, 0.25) is 0 Å².